The fourth-order valence-electron chi connectivity index (χ4n) is 6.02. The zero-order valence-electron chi connectivity index (χ0n) is 27.9. The number of hydrogen-bond donors (Lipinski definition) is 2. The fraction of sp³-hybridized carbons (Fsp3) is 0.159. The Balaban J connectivity index is 1.55. The first-order chi connectivity index (χ1) is 23.9. The maximum Gasteiger partial charge on any atom is 0.144 e. The Morgan fingerprint density at radius 1 is 0.592 bits per heavy atom. The molecule has 6 aromatic rings. The molecule has 246 valence electrons. The molecule has 0 fully saturated rings. The summed E-state index contributed by atoms with van der Waals surface area (Å²) in [6.45, 7) is 4.65. The molecule has 6 rings (SSSR count). The molecule has 5 heteroatoms. The van der Waals surface area contributed by atoms with Crippen LogP contribution in [-0.4, -0.2) is 22.5 Å². The number of para-hydroxylation sites is 1. The molecule has 0 radical (unpaired) electrons. The van der Waals surface area contributed by atoms with Gasteiger partial charge in [0.1, 0.15) is 36.1 Å². The summed E-state index contributed by atoms with van der Waals surface area (Å²) in [6.07, 6.45) is 2.04. The average Bonchev–Trinajstić information content (AvgIpc) is 3.14. The van der Waals surface area contributed by atoms with Crippen molar-refractivity contribution in [1.82, 2.24) is 0 Å². The largest absolute Gasteiger partial charge is 0.507 e. The molecule has 0 heterocycles. The van der Waals surface area contributed by atoms with Gasteiger partial charge in [-0.05, 0) is 73.4 Å². The van der Waals surface area contributed by atoms with Gasteiger partial charge in [0.15, 0.2) is 0 Å². The van der Waals surface area contributed by atoms with Crippen LogP contribution >= 0.6 is 0 Å². The van der Waals surface area contributed by atoms with Gasteiger partial charge in [-0.15, -0.1) is 0 Å². The van der Waals surface area contributed by atoms with Crippen molar-refractivity contribution < 1.29 is 19.7 Å². The summed E-state index contributed by atoms with van der Waals surface area (Å²) in [5, 5.41) is 24.4. The molecule has 0 aromatic heterocycles. The van der Waals surface area contributed by atoms with Crippen molar-refractivity contribution in [3.63, 3.8) is 0 Å². The monoisotopic (exact) mass is 647 g/mol. The number of ether oxygens (including phenoxy) is 2. The van der Waals surface area contributed by atoms with Crippen molar-refractivity contribution in [2.45, 2.75) is 45.1 Å². The number of rotatable bonds is 13. The summed E-state index contributed by atoms with van der Waals surface area (Å²) < 4.78 is 13.1. The zero-order valence-corrected chi connectivity index (χ0v) is 27.9. The average molecular weight is 648 g/mol. The third kappa shape index (κ3) is 8.08. The summed E-state index contributed by atoms with van der Waals surface area (Å²) in [5.41, 5.74) is 4.91. The van der Waals surface area contributed by atoms with E-state index in [1.165, 1.54) is 0 Å². The van der Waals surface area contributed by atoms with Gasteiger partial charge in [-0.3, -0.25) is 4.99 Å². The van der Waals surface area contributed by atoms with Crippen LogP contribution < -0.4 is 9.47 Å². The first-order valence-corrected chi connectivity index (χ1v) is 16.5. The second kappa shape index (κ2) is 15.5. The molecule has 1 atom stereocenters. The highest BCUT2D eigenvalue weighted by atomic mass is 16.5. The van der Waals surface area contributed by atoms with Gasteiger partial charge < -0.3 is 19.7 Å². The Morgan fingerprint density at radius 3 is 1.53 bits per heavy atom. The minimum Gasteiger partial charge on any atom is -0.507 e. The molecule has 0 aliphatic heterocycles. The molecule has 5 nitrogen and oxygen atoms in total. The fourth-order valence-corrected chi connectivity index (χ4v) is 6.02. The Hall–Kier alpha value is -5.65. The smallest absolute Gasteiger partial charge is 0.144 e. The van der Waals surface area contributed by atoms with Gasteiger partial charge in [0.05, 0.1) is 6.04 Å². The van der Waals surface area contributed by atoms with Gasteiger partial charge in [-0.2, -0.15) is 0 Å². The van der Waals surface area contributed by atoms with Crippen LogP contribution in [0, 0.1) is 13.8 Å². The second-order valence-corrected chi connectivity index (χ2v) is 12.4. The Labute approximate surface area is 288 Å². The van der Waals surface area contributed by atoms with Crippen molar-refractivity contribution >= 4 is 6.21 Å². The second-order valence-electron chi connectivity index (χ2n) is 12.4. The van der Waals surface area contributed by atoms with Gasteiger partial charge in [0.25, 0.3) is 0 Å². The minimum absolute atomic E-state index is 0.109. The third-order valence-electron chi connectivity index (χ3n) is 8.65. The van der Waals surface area contributed by atoms with E-state index in [1.54, 1.807) is 24.4 Å². The number of phenols is 1. The van der Waals surface area contributed by atoms with Crippen LogP contribution in [0.25, 0.3) is 0 Å². The quantitative estimate of drug-likeness (QED) is 0.123. The lowest BCUT2D eigenvalue weighted by molar-refractivity contribution is 0.0458. The van der Waals surface area contributed by atoms with E-state index in [-0.39, 0.29) is 5.75 Å². The number of benzene rings is 6. The highest BCUT2D eigenvalue weighted by molar-refractivity contribution is 5.83. The first-order valence-electron chi connectivity index (χ1n) is 16.5. The molecule has 0 saturated heterocycles. The van der Waals surface area contributed by atoms with Gasteiger partial charge in [-0.1, -0.05) is 126 Å². The Morgan fingerprint density at radius 2 is 1.04 bits per heavy atom. The molecule has 0 spiro atoms. The molecule has 0 amide bonds. The number of phenolic OH excluding ortho intramolecular Hbond substituents is 1. The number of nitrogens with zero attached hydrogens (tertiary/aromatic N) is 1. The Bertz CT molecular complexity index is 1900. The van der Waals surface area contributed by atoms with Crippen molar-refractivity contribution in [1.29, 1.82) is 0 Å². The van der Waals surface area contributed by atoms with Crippen molar-refractivity contribution in [3.8, 4) is 17.2 Å². The molecule has 0 bridgehead atoms. The van der Waals surface area contributed by atoms with E-state index >= 15 is 0 Å². The lowest BCUT2D eigenvalue weighted by Gasteiger charge is -2.37. The number of aliphatic hydroxyl groups is 1. The standard InChI is InChI=1S/C44H41NO4/c1-32-22-24-41(48-30-35-16-8-4-9-17-35)38(26-32)44(47,39-27-33(2)23-25-42(39)49-31-36-18-10-5-11-19-36)43(28-34-14-6-3-7-15-34)45-29-37-20-12-13-21-40(37)46/h3-27,29,43,46-47H,28,30-31H2,1-2H3. The molecule has 0 aliphatic rings. The highest BCUT2D eigenvalue weighted by Crippen LogP contribution is 2.45. The maximum absolute atomic E-state index is 13.7. The topological polar surface area (TPSA) is 71.3 Å². The number of aryl methyl sites for hydroxylation is 2. The first kappa shape index (κ1) is 33.3. The lowest BCUT2D eigenvalue weighted by atomic mass is 9.76. The van der Waals surface area contributed by atoms with Crippen LogP contribution in [0.5, 0.6) is 17.2 Å². The number of aliphatic imine (C=N–C) groups is 1. The van der Waals surface area contributed by atoms with E-state index in [0.717, 1.165) is 27.8 Å². The van der Waals surface area contributed by atoms with E-state index < -0.39 is 11.6 Å². The lowest BCUT2D eigenvalue weighted by Crippen LogP contribution is -2.42. The Kier molecular flexibility index (Phi) is 10.5. The predicted octanol–water partition coefficient (Wildman–Crippen LogP) is 9.13. The highest BCUT2D eigenvalue weighted by Gasteiger charge is 2.45. The maximum atomic E-state index is 13.7. The molecular formula is C44H41NO4. The molecule has 0 aliphatic carbocycles. The van der Waals surface area contributed by atoms with E-state index in [0.29, 0.717) is 47.8 Å². The number of aromatic hydroxyl groups is 1. The van der Waals surface area contributed by atoms with Crippen LogP contribution in [0.3, 0.4) is 0 Å². The van der Waals surface area contributed by atoms with Crippen LogP contribution in [0.2, 0.25) is 0 Å². The summed E-state index contributed by atoms with van der Waals surface area (Å²) >= 11 is 0. The van der Waals surface area contributed by atoms with E-state index in [9.17, 15) is 10.2 Å². The summed E-state index contributed by atoms with van der Waals surface area (Å²) in [7, 11) is 0. The van der Waals surface area contributed by atoms with Gasteiger partial charge in [-0.25, -0.2) is 0 Å². The van der Waals surface area contributed by atoms with Crippen molar-refractivity contribution in [3.05, 3.63) is 196 Å². The SMILES string of the molecule is Cc1ccc(OCc2ccccc2)c(C(O)(c2cc(C)ccc2OCc2ccccc2)C(Cc2ccccc2)N=Cc2ccccc2O)c1. The number of hydrogen-bond acceptors (Lipinski definition) is 5. The van der Waals surface area contributed by atoms with E-state index in [2.05, 4.69) is 0 Å². The molecule has 6 aromatic carbocycles. The summed E-state index contributed by atoms with van der Waals surface area (Å²) in [6, 6.07) is 48.1. The minimum atomic E-state index is -1.74. The van der Waals surface area contributed by atoms with Crippen LogP contribution in [0.4, 0.5) is 0 Å². The van der Waals surface area contributed by atoms with Crippen molar-refractivity contribution in [2.24, 2.45) is 4.99 Å². The van der Waals surface area contributed by atoms with Gasteiger partial charge in [0.2, 0.25) is 0 Å². The zero-order chi connectivity index (χ0) is 34.1. The molecule has 1 unspecified atom stereocenters. The van der Waals surface area contributed by atoms with E-state index in [4.69, 9.17) is 14.5 Å². The van der Waals surface area contributed by atoms with Crippen molar-refractivity contribution in [2.75, 3.05) is 0 Å². The van der Waals surface area contributed by atoms with Crippen LogP contribution in [-0.2, 0) is 25.2 Å². The normalized spacial score (nSPS) is 12.1. The molecule has 2 N–H and O–H groups in total. The summed E-state index contributed by atoms with van der Waals surface area (Å²) in [4.78, 5) is 5.11. The van der Waals surface area contributed by atoms with Gasteiger partial charge in [0, 0.05) is 22.9 Å². The molecular weight excluding hydrogens is 606 g/mol. The predicted molar refractivity (Wildman–Crippen MR) is 197 cm³/mol. The summed E-state index contributed by atoms with van der Waals surface area (Å²) in [5.74, 6) is 1.20. The van der Waals surface area contributed by atoms with Crippen LogP contribution in [0.15, 0.2) is 157 Å². The van der Waals surface area contributed by atoms with E-state index in [1.807, 2.05) is 147 Å². The molecule has 49 heavy (non-hydrogen) atoms. The van der Waals surface area contributed by atoms with Gasteiger partial charge >= 0.3 is 0 Å². The molecule has 0 saturated carbocycles. The van der Waals surface area contributed by atoms with Crippen LogP contribution in [0.1, 0.15) is 44.5 Å². The third-order valence-corrected chi connectivity index (χ3v) is 8.65.